The molecule has 1 aliphatic heterocycles. The van der Waals surface area contributed by atoms with Gasteiger partial charge in [0, 0.05) is 25.5 Å². The van der Waals surface area contributed by atoms with Gasteiger partial charge in [0.1, 0.15) is 0 Å². The third kappa shape index (κ3) is 3.52. The number of likely N-dealkylation sites (tertiary alicyclic amines) is 1. The molecular formula is C18H20N2O2. The molecule has 4 heteroatoms. The van der Waals surface area contributed by atoms with E-state index in [2.05, 4.69) is 16.0 Å². The first kappa shape index (κ1) is 14.7. The number of hydrogen-bond donors (Lipinski definition) is 1. The Labute approximate surface area is 130 Å². The number of rotatable bonds is 5. The van der Waals surface area contributed by atoms with Gasteiger partial charge in [-0.1, -0.05) is 24.3 Å². The molecule has 114 valence electrons. The van der Waals surface area contributed by atoms with Crippen molar-refractivity contribution < 1.29 is 9.90 Å². The Bertz CT molecular complexity index is 643. The largest absolute Gasteiger partial charge is 0.478 e. The summed E-state index contributed by atoms with van der Waals surface area (Å²) >= 11 is 0. The highest BCUT2D eigenvalue weighted by atomic mass is 16.4. The molecule has 2 aromatic rings. The van der Waals surface area contributed by atoms with Crippen LogP contribution in [-0.2, 0) is 13.0 Å². The standard InChI is InChI=1S/C18H20N2O2/c21-18(22)17-6-2-1-5-16(17)13-20-9-7-15(12-20)10-14-4-3-8-19-11-14/h1-6,8,11,15H,7,9-10,12-13H2,(H,21,22). The van der Waals surface area contributed by atoms with E-state index in [9.17, 15) is 9.90 Å². The van der Waals surface area contributed by atoms with Crippen molar-refractivity contribution in [3.63, 3.8) is 0 Å². The second-order valence-corrected chi connectivity index (χ2v) is 5.92. The Balaban J connectivity index is 1.61. The lowest BCUT2D eigenvalue weighted by Crippen LogP contribution is -2.22. The molecule has 22 heavy (non-hydrogen) atoms. The van der Waals surface area contributed by atoms with Crippen molar-refractivity contribution in [2.45, 2.75) is 19.4 Å². The molecule has 1 N–H and O–H groups in total. The highest BCUT2D eigenvalue weighted by molar-refractivity contribution is 5.89. The molecule has 1 atom stereocenters. The molecule has 2 heterocycles. The summed E-state index contributed by atoms with van der Waals surface area (Å²) in [7, 11) is 0. The van der Waals surface area contributed by atoms with Crippen LogP contribution in [0.25, 0.3) is 0 Å². The van der Waals surface area contributed by atoms with Gasteiger partial charge in [0.2, 0.25) is 0 Å². The monoisotopic (exact) mass is 296 g/mol. The molecule has 0 amide bonds. The van der Waals surface area contributed by atoms with E-state index in [0.29, 0.717) is 18.0 Å². The van der Waals surface area contributed by atoms with Crippen molar-refractivity contribution in [2.24, 2.45) is 5.92 Å². The molecule has 0 spiro atoms. The van der Waals surface area contributed by atoms with Gasteiger partial charge in [-0.25, -0.2) is 4.79 Å². The van der Waals surface area contributed by atoms with Crippen LogP contribution in [0.15, 0.2) is 48.8 Å². The smallest absolute Gasteiger partial charge is 0.336 e. The van der Waals surface area contributed by atoms with Crippen LogP contribution < -0.4 is 0 Å². The van der Waals surface area contributed by atoms with Crippen LogP contribution in [0, 0.1) is 5.92 Å². The average Bonchev–Trinajstić information content (AvgIpc) is 2.96. The van der Waals surface area contributed by atoms with E-state index in [1.807, 2.05) is 24.4 Å². The van der Waals surface area contributed by atoms with Crippen molar-refractivity contribution >= 4 is 5.97 Å². The summed E-state index contributed by atoms with van der Waals surface area (Å²) in [6, 6.07) is 11.4. The minimum absolute atomic E-state index is 0.415. The quantitative estimate of drug-likeness (QED) is 0.922. The number of pyridine rings is 1. The maximum atomic E-state index is 11.3. The molecule has 1 saturated heterocycles. The van der Waals surface area contributed by atoms with Gasteiger partial charge < -0.3 is 5.11 Å². The predicted octanol–water partition coefficient (Wildman–Crippen LogP) is 2.84. The van der Waals surface area contributed by atoms with Gasteiger partial charge in [-0.3, -0.25) is 9.88 Å². The summed E-state index contributed by atoms with van der Waals surface area (Å²) in [6.45, 7) is 2.76. The predicted molar refractivity (Wildman–Crippen MR) is 84.7 cm³/mol. The van der Waals surface area contributed by atoms with E-state index >= 15 is 0 Å². The van der Waals surface area contributed by atoms with Gasteiger partial charge in [0.15, 0.2) is 0 Å². The first-order chi connectivity index (χ1) is 10.7. The Kier molecular flexibility index (Phi) is 4.49. The van der Waals surface area contributed by atoms with Crippen LogP contribution in [0.1, 0.15) is 27.9 Å². The fraction of sp³-hybridized carbons (Fsp3) is 0.333. The van der Waals surface area contributed by atoms with Crippen LogP contribution >= 0.6 is 0 Å². The van der Waals surface area contributed by atoms with Gasteiger partial charge in [0.05, 0.1) is 5.56 Å². The van der Waals surface area contributed by atoms with Crippen molar-refractivity contribution in [1.82, 2.24) is 9.88 Å². The summed E-state index contributed by atoms with van der Waals surface area (Å²) < 4.78 is 0. The number of carboxylic acids is 1. The van der Waals surface area contributed by atoms with Gasteiger partial charge in [0.25, 0.3) is 0 Å². The molecular weight excluding hydrogens is 276 g/mol. The van der Waals surface area contributed by atoms with E-state index < -0.39 is 5.97 Å². The maximum Gasteiger partial charge on any atom is 0.336 e. The number of nitrogens with zero attached hydrogens (tertiary/aromatic N) is 2. The van der Waals surface area contributed by atoms with E-state index in [0.717, 1.165) is 31.5 Å². The molecule has 1 aliphatic rings. The molecule has 1 unspecified atom stereocenters. The topological polar surface area (TPSA) is 53.4 Å². The summed E-state index contributed by atoms with van der Waals surface area (Å²) in [5.41, 5.74) is 2.59. The fourth-order valence-electron chi connectivity index (χ4n) is 3.18. The lowest BCUT2D eigenvalue weighted by Gasteiger charge is -2.17. The minimum Gasteiger partial charge on any atom is -0.478 e. The zero-order valence-corrected chi connectivity index (χ0v) is 12.5. The Morgan fingerprint density at radius 1 is 1.27 bits per heavy atom. The molecule has 1 fully saturated rings. The van der Waals surface area contributed by atoms with Gasteiger partial charge in [-0.15, -0.1) is 0 Å². The van der Waals surface area contributed by atoms with Gasteiger partial charge in [-0.05, 0) is 48.6 Å². The number of benzene rings is 1. The van der Waals surface area contributed by atoms with Crippen LogP contribution in [0.3, 0.4) is 0 Å². The molecule has 4 nitrogen and oxygen atoms in total. The van der Waals surface area contributed by atoms with E-state index in [1.54, 1.807) is 18.3 Å². The molecule has 1 aromatic heterocycles. The molecule has 1 aromatic carbocycles. The summed E-state index contributed by atoms with van der Waals surface area (Å²) in [5.74, 6) is -0.220. The highest BCUT2D eigenvalue weighted by Crippen LogP contribution is 2.23. The van der Waals surface area contributed by atoms with Crippen molar-refractivity contribution in [2.75, 3.05) is 13.1 Å². The average molecular weight is 296 g/mol. The minimum atomic E-state index is -0.846. The maximum absolute atomic E-state index is 11.3. The van der Waals surface area contributed by atoms with Crippen molar-refractivity contribution in [1.29, 1.82) is 0 Å². The molecule has 0 saturated carbocycles. The van der Waals surface area contributed by atoms with Gasteiger partial charge >= 0.3 is 5.97 Å². The second-order valence-electron chi connectivity index (χ2n) is 5.92. The number of aromatic carboxylic acids is 1. The van der Waals surface area contributed by atoms with Gasteiger partial charge in [-0.2, -0.15) is 0 Å². The Morgan fingerprint density at radius 2 is 2.14 bits per heavy atom. The number of hydrogen-bond acceptors (Lipinski definition) is 3. The van der Waals surface area contributed by atoms with E-state index in [4.69, 9.17) is 0 Å². The van der Waals surface area contributed by atoms with Crippen LogP contribution in [0.5, 0.6) is 0 Å². The first-order valence-corrected chi connectivity index (χ1v) is 7.65. The Morgan fingerprint density at radius 3 is 2.91 bits per heavy atom. The van der Waals surface area contributed by atoms with Crippen LogP contribution in [-0.4, -0.2) is 34.0 Å². The van der Waals surface area contributed by atoms with Crippen LogP contribution in [0.2, 0.25) is 0 Å². The second kappa shape index (κ2) is 6.71. The first-order valence-electron chi connectivity index (χ1n) is 7.65. The third-order valence-corrected chi connectivity index (χ3v) is 4.26. The summed E-state index contributed by atoms with van der Waals surface area (Å²) in [5, 5.41) is 9.26. The SMILES string of the molecule is O=C(O)c1ccccc1CN1CCC(Cc2cccnc2)C1. The van der Waals surface area contributed by atoms with Crippen LogP contribution in [0.4, 0.5) is 0 Å². The Hall–Kier alpha value is -2.20. The zero-order chi connectivity index (χ0) is 15.4. The molecule has 0 bridgehead atoms. The zero-order valence-electron chi connectivity index (χ0n) is 12.5. The van der Waals surface area contributed by atoms with E-state index in [1.165, 1.54) is 5.56 Å². The number of carboxylic acid groups (broad SMARTS) is 1. The number of aromatic nitrogens is 1. The normalized spacial score (nSPS) is 18.5. The lowest BCUT2D eigenvalue weighted by atomic mass is 10.00. The molecule has 0 radical (unpaired) electrons. The summed E-state index contributed by atoms with van der Waals surface area (Å²) in [4.78, 5) is 17.8. The summed E-state index contributed by atoms with van der Waals surface area (Å²) in [6.07, 6.45) is 5.94. The van der Waals surface area contributed by atoms with Crippen molar-refractivity contribution in [3.8, 4) is 0 Å². The van der Waals surface area contributed by atoms with Crippen molar-refractivity contribution in [3.05, 3.63) is 65.5 Å². The molecule has 0 aliphatic carbocycles. The molecule has 3 rings (SSSR count). The lowest BCUT2D eigenvalue weighted by molar-refractivity contribution is 0.0694. The number of carbonyl (C=O) groups is 1. The third-order valence-electron chi connectivity index (χ3n) is 4.26. The fourth-order valence-corrected chi connectivity index (χ4v) is 3.18. The highest BCUT2D eigenvalue weighted by Gasteiger charge is 2.23. The van der Waals surface area contributed by atoms with E-state index in [-0.39, 0.29) is 0 Å².